The maximum Gasteiger partial charge on any atom is 0.244 e. The van der Waals surface area contributed by atoms with Gasteiger partial charge in [-0.1, -0.05) is 23.7 Å². The predicted octanol–water partition coefficient (Wildman–Crippen LogP) is 2.05. The Bertz CT molecular complexity index is 654. The van der Waals surface area contributed by atoms with Gasteiger partial charge < -0.3 is 5.32 Å². The first kappa shape index (κ1) is 15.1. The SMILES string of the molecule is CC1(NC(=O)/C=C/c2cccc(Cl)c2)CCS(=O)(=O)C1. The Morgan fingerprint density at radius 1 is 1.45 bits per heavy atom. The summed E-state index contributed by atoms with van der Waals surface area (Å²) in [5, 5.41) is 3.36. The van der Waals surface area contributed by atoms with E-state index in [9.17, 15) is 13.2 Å². The Kier molecular flexibility index (Phi) is 4.20. The Labute approximate surface area is 123 Å². The molecule has 1 aromatic carbocycles. The van der Waals surface area contributed by atoms with Gasteiger partial charge in [0.25, 0.3) is 0 Å². The number of carbonyl (C=O) groups excluding carboxylic acids is 1. The van der Waals surface area contributed by atoms with E-state index in [-0.39, 0.29) is 17.4 Å². The number of halogens is 1. The van der Waals surface area contributed by atoms with Crippen molar-refractivity contribution in [1.82, 2.24) is 5.32 Å². The van der Waals surface area contributed by atoms with E-state index in [2.05, 4.69) is 5.32 Å². The van der Waals surface area contributed by atoms with Crippen molar-refractivity contribution in [3.63, 3.8) is 0 Å². The molecular weight excluding hydrogens is 298 g/mol. The van der Waals surface area contributed by atoms with Gasteiger partial charge in [0.15, 0.2) is 9.84 Å². The zero-order valence-electron chi connectivity index (χ0n) is 11.1. The fourth-order valence-corrected chi connectivity index (χ4v) is 4.52. The number of hydrogen-bond acceptors (Lipinski definition) is 3. The van der Waals surface area contributed by atoms with E-state index < -0.39 is 15.4 Å². The van der Waals surface area contributed by atoms with Crippen molar-refractivity contribution in [2.45, 2.75) is 18.9 Å². The number of rotatable bonds is 3. The first-order valence-corrected chi connectivity index (χ1v) is 8.44. The van der Waals surface area contributed by atoms with Crippen LogP contribution in [0, 0.1) is 0 Å². The van der Waals surface area contributed by atoms with E-state index in [0.29, 0.717) is 11.4 Å². The quantitative estimate of drug-likeness (QED) is 0.869. The van der Waals surface area contributed by atoms with Gasteiger partial charge in [-0.2, -0.15) is 0 Å². The molecule has 0 aliphatic carbocycles. The summed E-state index contributed by atoms with van der Waals surface area (Å²) in [4.78, 5) is 11.8. The molecule has 1 heterocycles. The lowest BCUT2D eigenvalue weighted by Crippen LogP contribution is -2.46. The third-order valence-electron chi connectivity index (χ3n) is 3.20. The molecule has 6 heteroatoms. The summed E-state index contributed by atoms with van der Waals surface area (Å²) < 4.78 is 22.9. The second kappa shape index (κ2) is 5.58. The van der Waals surface area contributed by atoms with Gasteiger partial charge in [-0.15, -0.1) is 0 Å². The fraction of sp³-hybridized carbons (Fsp3) is 0.357. The van der Waals surface area contributed by atoms with Crippen LogP contribution in [0.15, 0.2) is 30.3 Å². The molecule has 2 rings (SSSR count). The Hall–Kier alpha value is -1.33. The van der Waals surface area contributed by atoms with E-state index in [0.717, 1.165) is 5.56 Å². The normalized spacial score (nSPS) is 24.9. The predicted molar refractivity (Wildman–Crippen MR) is 80.3 cm³/mol. The van der Waals surface area contributed by atoms with Gasteiger partial charge >= 0.3 is 0 Å². The Morgan fingerprint density at radius 2 is 2.20 bits per heavy atom. The summed E-state index contributed by atoms with van der Waals surface area (Å²) in [5.74, 6) is -0.178. The zero-order chi connectivity index (χ0) is 14.8. The van der Waals surface area contributed by atoms with Gasteiger partial charge in [-0.3, -0.25) is 4.79 Å². The number of amides is 1. The van der Waals surface area contributed by atoms with Crippen molar-refractivity contribution >= 4 is 33.4 Å². The maximum absolute atomic E-state index is 11.8. The highest BCUT2D eigenvalue weighted by Crippen LogP contribution is 2.22. The molecule has 0 spiro atoms. The van der Waals surface area contributed by atoms with E-state index in [1.807, 2.05) is 6.07 Å². The van der Waals surface area contributed by atoms with E-state index in [4.69, 9.17) is 11.6 Å². The average Bonchev–Trinajstić information content (AvgIpc) is 2.61. The van der Waals surface area contributed by atoms with Crippen molar-refractivity contribution in [3.05, 3.63) is 40.9 Å². The average molecular weight is 314 g/mol. The molecule has 1 unspecified atom stereocenters. The summed E-state index contributed by atoms with van der Waals surface area (Å²) in [7, 11) is -3.03. The van der Waals surface area contributed by atoms with E-state index >= 15 is 0 Å². The summed E-state index contributed by atoms with van der Waals surface area (Å²) >= 11 is 5.85. The number of hydrogen-bond donors (Lipinski definition) is 1. The number of benzene rings is 1. The second-order valence-electron chi connectivity index (χ2n) is 5.28. The standard InChI is InChI=1S/C14H16ClNO3S/c1-14(7-8-20(18,19)10-14)16-13(17)6-5-11-3-2-4-12(15)9-11/h2-6,9H,7-8,10H2,1H3,(H,16,17)/b6-5+. The van der Waals surface area contributed by atoms with Crippen molar-refractivity contribution in [1.29, 1.82) is 0 Å². The lowest BCUT2D eigenvalue weighted by atomic mass is 10.0. The topological polar surface area (TPSA) is 63.2 Å². The van der Waals surface area contributed by atoms with Gasteiger partial charge in [0.2, 0.25) is 5.91 Å². The van der Waals surface area contributed by atoms with Crippen LogP contribution in [0.25, 0.3) is 6.08 Å². The first-order valence-electron chi connectivity index (χ1n) is 6.24. The molecule has 0 bridgehead atoms. The monoisotopic (exact) mass is 313 g/mol. The molecule has 1 aliphatic heterocycles. The molecule has 1 fully saturated rings. The second-order valence-corrected chi connectivity index (χ2v) is 7.90. The highest BCUT2D eigenvalue weighted by molar-refractivity contribution is 7.91. The van der Waals surface area contributed by atoms with Crippen molar-refractivity contribution < 1.29 is 13.2 Å². The first-order chi connectivity index (χ1) is 9.28. The molecule has 0 aromatic heterocycles. The summed E-state index contributed by atoms with van der Waals surface area (Å²) in [5.41, 5.74) is 0.144. The molecule has 1 aromatic rings. The fourth-order valence-electron chi connectivity index (χ4n) is 2.23. The van der Waals surface area contributed by atoms with Gasteiger partial charge in [0.05, 0.1) is 17.0 Å². The summed E-state index contributed by atoms with van der Waals surface area (Å²) in [6.07, 6.45) is 3.49. The number of sulfone groups is 1. The smallest absolute Gasteiger partial charge is 0.244 e. The zero-order valence-corrected chi connectivity index (χ0v) is 12.7. The van der Waals surface area contributed by atoms with E-state index in [1.165, 1.54) is 6.08 Å². The third-order valence-corrected chi connectivity index (χ3v) is 5.34. The molecule has 20 heavy (non-hydrogen) atoms. The van der Waals surface area contributed by atoms with Crippen LogP contribution in [-0.4, -0.2) is 31.4 Å². The Morgan fingerprint density at radius 3 is 2.80 bits per heavy atom. The molecule has 1 N–H and O–H groups in total. The molecule has 0 radical (unpaired) electrons. The molecule has 1 saturated heterocycles. The molecule has 4 nitrogen and oxygen atoms in total. The molecule has 0 saturated carbocycles. The number of nitrogens with one attached hydrogen (secondary N) is 1. The molecule has 1 amide bonds. The highest BCUT2D eigenvalue weighted by Gasteiger charge is 2.38. The van der Waals surface area contributed by atoms with Gasteiger partial charge in [0, 0.05) is 11.1 Å². The maximum atomic E-state index is 11.8. The largest absolute Gasteiger partial charge is 0.346 e. The van der Waals surface area contributed by atoms with Crippen LogP contribution in [0.5, 0.6) is 0 Å². The lowest BCUT2D eigenvalue weighted by molar-refractivity contribution is -0.117. The van der Waals surface area contributed by atoms with Gasteiger partial charge in [-0.25, -0.2) is 8.42 Å². The molecule has 108 valence electrons. The molecule has 1 aliphatic rings. The third kappa shape index (κ3) is 4.08. The summed E-state index contributed by atoms with van der Waals surface area (Å²) in [6, 6.07) is 7.12. The number of carbonyl (C=O) groups is 1. The molecule has 1 atom stereocenters. The minimum absolute atomic E-state index is 0.00323. The minimum atomic E-state index is -3.03. The summed E-state index contributed by atoms with van der Waals surface area (Å²) in [6.45, 7) is 1.75. The van der Waals surface area contributed by atoms with Crippen LogP contribution in [0.1, 0.15) is 18.9 Å². The minimum Gasteiger partial charge on any atom is -0.346 e. The van der Waals surface area contributed by atoms with Crippen molar-refractivity contribution in [2.24, 2.45) is 0 Å². The van der Waals surface area contributed by atoms with Crippen LogP contribution in [-0.2, 0) is 14.6 Å². The van der Waals surface area contributed by atoms with Crippen LogP contribution in [0.2, 0.25) is 5.02 Å². The Balaban J connectivity index is 2.00. The van der Waals surface area contributed by atoms with Gasteiger partial charge in [0.1, 0.15) is 0 Å². The van der Waals surface area contributed by atoms with Crippen molar-refractivity contribution in [3.8, 4) is 0 Å². The van der Waals surface area contributed by atoms with Crippen LogP contribution in [0.4, 0.5) is 0 Å². The van der Waals surface area contributed by atoms with E-state index in [1.54, 1.807) is 31.2 Å². The highest BCUT2D eigenvalue weighted by atomic mass is 35.5. The molecular formula is C14H16ClNO3S. The van der Waals surface area contributed by atoms with Crippen LogP contribution < -0.4 is 5.32 Å². The van der Waals surface area contributed by atoms with Crippen LogP contribution in [0.3, 0.4) is 0 Å². The lowest BCUT2D eigenvalue weighted by Gasteiger charge is -2.22. The van der Waals surface area contributed by atoms with Gasteiger partial charge in [-0.05, 0) is 37.1 Å². The van der Waals surface area contributed by atoms with Crippen molar-refractivity contribution in [2.75, 3.05) is 11.5 Å². The van der Waals surface area contributed by atoms with Crippen LogP contribution >= 0.6 is 11.6 Å².